The van der Waals surface area contributed by atoms with E-state index in [-0.39, 0.29) is 12.0 Å². The number of carbonyl (C=O) groups is 1. The highest BCUT2D eigenvalue weighted by atomic mass is 16.3. The molecule has 1 heterocycles. The van der Waals surface area contributed by atoms with Crippen molar-refractivity contribution in [3.63, 3.8) is 0 Å². The molecular formula is C21H32N2O2. The van der Waals surface area contributed by atoms with Gasteiger partial charge >= 0.3 is 0 Å². The Morgan fingerprint density at radius 2 is 1.72 bits per heavy atom. The summed E-state index contributed by atoms with van der Waals surface area (Å²) < 4.78 is 0. The third-order valence-corrected chi connectivity index (χ3v) is 5.74. The van der Waals surface area contributed by atoms with Crippen molar-refractivity contribution in [2.75, 3.05) is 26.2 Å². The molecule has 25 heavy (non-hydrogen) atoms. The van der Waals surface area contributed by atoms with Crippen LogP contribution in [0.2, 0.25) is 0 Å². The molecule has 0 bridgehead atoms. The topological polar surface area (TPSA) is 52.6 Å². The maximum absolute atomic E-state index is 12.3. The first-order valence-electron chi connectivity index (χ1n) is 10.0. The second-order valence-corrected chi connectivity index (χ2v) is 7.64. The highest BCUT2D eigenvalue weighted by Gasteiger charge is 2.17. The molecule has 1 aliphatic carbocycles. The van der Waals surface area contributed by atoms with Crippen molar-refractivity contribution in [3.8, 4) is 0 Å². The van der Waals surface area contributed by atoms with Crippen LogP contribution in [-0.2, 0) is 0 Å². The van der Waals surface area contributed by atoms with E-state index in [9.17, 15) is 9.90 Å². The lowest BCUT2D eigenvalue weighted by Gasteiger charge is -2.29. The molecule has 138 valence electrons. The van der Waals surface area contributed by atoms with Gasteiger partial charge < -0.3 is 15.3 Å². The quantitative estimate of drug-likeness (QED) is 0.779. The number of hydrogen-bond donors (Lipinski definition) is 2. The molecule has 1 aromatic carbocycles. The number of benzene rings is 1. The minimum absolute atomic E-state index is 0.0317. The summed E-state index contributed by atoms with van der Waals surface area (Å²) in [4.78, 5) is 14.6. The summed E-state index contributed by atoms with van der Waals surface area (Å²) in [5.41, 5.74) is 2.16. The zero-order valence-electron chi connectivity index (χ0n) is 15.3. The fourth-order valence-electron chi connectivity index (χ4n) is 4.09. The Kier molecular flexibility index (Phi) is 6.88. The van der Waals surface area contributed by atoms with Crippen LogP contribution in [0.25, 0.3) is 0 Å². The van der Waals surface area contributed by atoms with Crippen LogP contribution in [0.3, 0.4) is 0 Å². The van der Waals surface area contributed by atoms with E-state index in [1.54, 1.807) is 0 Å². The lowest BCUT2D eigenvalue weighted by Crippen LogP contribution is -2.37. The van der Waals surface area contributed by atoms with Gasteiger partial charge in [0.25, 0.3) is 5.91 Å². The van der Waals surface area contributed by atoms with E-state index in [4.69, 9.17) is 0 Å². The zero-order chi connectivity index (χ0) is 17.5. The average Bonchev–Trinajstić information content (AvgIpc) is 2.67. The minimum atomic E-state index is -0.118. The summed E-state index contributed by atoms with van der Waals surface area (Å²) in [6, 6.07) is 8.24. The smallest absolute Gasteiger partial charge is 0.251 e. The van der Waals surface area contributed by atoms with Crippen LogP contribution in [0, 0.1) is 0 Å². The second-order valence-electron chi connectivity index (χ2n) is 7.64. The molecule has 0 aromatic heterocycles. The predicted octanol–water partition coefficient (Wildman–Crippen LogP) is 3.31. The fraction of sp³-hybridized carbons (Fsp3) is 0.667. The molecule has 1 amide bonds. The van der Waals surface area contributed by atoms with Crippen molar-refractivity contribution in [1.82, 2.24) is 10.2 Å². The van der Waals surface area contributed by atoms with Crippen molar-refractivity contribution in [1.29, 1.82) is 0 Å². The highest BCUT2D eigenvalue weighted by molar-refractivity contribution is 5.94. The molecule has 3 rings (SSSR count). The summed E-state index contributed by atoms with van der Waals surface area (Å²) in [6.45, 7) is 3.64. The first-order valence-corrected chi connectivity index (χ1v) is 10.0. The van der Waals surface area contributed by atoms with Gasteiger partial charge in [-0.05, 0) is 62.3 Å². The first-order chi connectivity index (χ1) is 12.2. The number of nitrogens with one attached hydrogen (secondary N) is 1. The van der Waals surface area contributed by atoms with Gasteiger partial charge in [0.15, 0.2) is 0 Å². The SMILES string of the molecule is O=C(NCCCN1CCC(O)CC1)c1ccc(C2CCCCC2)cc1. The number of carbonyl (C=O) groups excluding carboxylic acids is 1. The summed E-state index contributed by atoms with van der Waals surface area (Å²) in [5.74, 6) is 0.721. The van der Waals surface area contributed by atoms with E-state index in [2.05, 4.69) is 22.3 Å². The summed E-state index contributed by atoms with van der Waals surface area (Å²) in [7, 11) is 0. The third kappa shape index (κ3) is 5.55. The Hall–Kier alpha value is -1.39. The van der Waals surface area contributed by atoms with Gasteiger partial charge in [0, 0.05) is 25.2 Å². The van der Waals surface area contributed by atoms with Crippen LogP contribution >= 0.6 is 0 Å². The molecule has 1 aliphatic heterocycles. The summed E-state index contributed by atoms with van der Waals surface area (Å²) in [5, 5.41) is 12.5. The molecule has 1 saturated carbocycles. The van der Waals surface area contributed by atoms with Gasteiger partial charge in [0.1, 0.15) is 0 Å². The molecule has 2 fully saturated rings. The number of hydrogen-bond acceptors (Lipinski definition) is 3. The monoisotopic (exact) mass is 344 g/mol. The van der Waals surface area contributed by atoms with Crippen molar-refractivity contribution in [3.05, 3.63) is 35.4 Å². The van der Waals surface area contributed by atoms with Gasteiger partial charge in [-0.2, -0.15) is 0 Å². The molecule has 0 atom stereocenters. The van der Waals surface area contributed by atoms with E-state index in [1.165, 1.54) is 37.7 Å². The van der Waals surface area contributed by atoms with E-state index < -0.39 is 0 Å². The maximum atomic E-state index is 12.3. The third-order valence-electron chi connectivity index (χ3n) is 5.74. The van der Waals surface area contributed by atoms with Crippen molar-refractivity contribution < 1.29 is 9.90 Å². The molecule has 4 nitrogen and oxygen atoms in total. The molecule has 2 N–H and O–H groups in total. The molecule has 0 radical (unpaired) electrons. The van der Waals surface area contributed by atoms with Gasteiger partial charge in [-0.25, -0.2) is 0 Å². The molecule has 2 aliphatic rings. The molecule has 0 spiro atoms. The van der Waals surface area contributed by atoms with Gasteiger partial charge in [-0.3, -0.25) is 4.79 Å². The van der Waals surface area contributed by atoms with Gasteiger partial charge in [-0.1, -0.05) is 31.4 Å². The summed E-state index contributed by atoms with van der Waals surface area (Å²) in [6.07, 6.45) is 9.22. The Labute approximate surface area is 151 Å². The van der Waals surface area contributed by atoms with Gasteiger partial charge in [0.2, 0.25) is 0 Å². The van der Waals surface area contributed by atoms with Crippen LogP contribution in [0.1, 0.15) is 73.2 Å². The Balaban J connectivity index is 1.37. The van der Waals surface area contributed by atoms with Crippen molar-refractivity contribution >= 4 is 5.91 Å². The van der Waals surface area contributed by atoms with E-state index in [0.717, 1.165) is 44.5 Å². The summed E-state index contributed by atoms with van der Waals surface area (Å²) >= 11 is 0. The molecule has 0 unspecified atom stereocenters. The van der Waals surface area contributed by atoms with Crippen LogP contribution in [0.4, 0.5) is 0 Å². The van der Waals surface area contributed by atoms with Gasteiger partial charge in [0.05, 0.1) is 6.10 Å². The number of aliphatic hydroxyl groups excluding tert-OH is 1. The van der Waals surface area contributed by atoms with E-state index in [0.29, 0.717) is 12.5 Å². The van der Waals surface area contributed by atoms with Crippen LogP contribution in [-0.4, -0.2) is 48.2 Å². The lowest BCUT2D eigenvalue weighted by atomic mass is 9.84. The average molecular weight is 344 g/mol. The van der Waals surface area contributed by atoms with Crippen molar-refractivity contribution in [2.24, 2.45) is 0 Å². The van der Waals surface area contributed by atoms with E-state index in [1.807, 2.05) is 12.1 Å². The first kappa shape index (κ1) is 18.4. The fourth-order valence-corrected chi connectivity index (χ4v) is 4.09. The number of amides is 1. The largest absolute Gasteiger partial charge is 0.393 e. The Bertz CT molecular complexity index is 529. The number of nitrogens with zero attached hydrogens (tertiary/aromatic N) is 1. The maximum Gasteiger partial charge on any atom is 0.251 e. The Morgan fingerprint density at radius 3 is 2.40 bits per heavy atom. The molecule has 4 heteroatoms. The second kappa shape index (κ2) is 9.35. The predicted molar refractivity (Wildman–Crippen MR) is 101 cm³/mol. The number of likely N-dealkylation sites (tertiary alicyclic amines) is 1. The lowest BCUT2D eigenvalue weighted by molar-refractivity contribution is 0.0816. The molecule has 1 aromatic rings. The number of rotatable bonds is 6. The molecular weight excluding hydrogens is 312 g/mol. The van der Waals surface area contributed by atoms with Crippen LogP contribution < -0.4 is 5.32 Å². The zero-order valence-corrected chi connectivity index (χ0v) is 15.3. The molecule has 1 saturated heterocycles. The van der Waals surface area contributed by atoms with Crippen LogP contribution in [0.5, 0.6) is 0 Å². The Morgan fingerprint density at radius 1 is 1.04 bits per heavy atom. The van der Waals surface area contributed by atoms with Gasteiger partial charge in [-0.15, -0.1) is 0 Å². The minimum Gasteiger partial charge on any atom is -0.393 e. The standard InChI is InChI=1S/C21H32N2O2/c24-20-11-15-23(16-12-20)14-4-13-22-21(25)19-9-7-18(8-10-19)17-5-2-1-3-6-17/h7-10,17,20,24H,1-6,11-16H2,(H,22,25). The number of piperidine rings is 1. The van der Waals surface area contributed by atoms with Crippen molar-refractivity contribution in [2.45, 2.75) is 63.4 Å². The highest BCUT2D eigenvalue weighted by Crippen LogP contribution is 2.32. The van der Waals surface area contributed by atoms with Crippen LogP contribution in [0.15, 0.2) is 24.3 Å². The van der Waals surface area contributed by atoms with E-state index >= 15 is 0 Å². The number of aliphatic hydroxyl groups is 1. The normalized spacial score (nSPS) is 20.5.